The molecule has 0 saturated carbocycles. The van der Waals surface area contributed by atoms with Crippen molar-refractivity contribution in [2.45, 2.75) is 57.1 Å². The molecule has 31 heavy (non-hydrogen) atoms. The number of aliphatic hydroxyl groups excluding tert-OH is 2. The van der Waals surface area contributed by atoms with E-state index in [2.05, 4.69) is 20.2 Å². The van der Waals surface area contributed by atoms with E-state index in [0.717, 1.165) is 45.2 Å². The largest absolute Gasteiger partial charge is 0.395 e. The quantitative estimate of drug-likeness (QED) is 0.466. The second-order valence-corrected chi connectivity index (χ2v) is 8.07. The highest BCUT2D eigenvalue weighted by atomic mass is 19.3. The summed E-state index contributed by atoms with van der Waals surface area (Å²) in [4.78, 5) is 10.5. The second kappa shape index (κ2) is 12.0. The van der Waals surface area contributed by atoms with Gasteiger partial charge in [0, 0.05) is 48.3 Å². The number of aliphatic hydroxyl groups is 2. The molecule has 1 fully saturated rings. The number of hydrogen-bond acceptors (Lipinski definition) is 6. The third-order valence-corrected chi connectivity index (χ3v) is 5.82. The van der Waals surface area contributed by atoms with E-state index >= 15 is 0 Å². The van der Waals surface area contributed by atoms with Crippen molar-refractivity contribution in [2.75, 3.05) is 31.6 Å². The molecule has 0 aliphatic carbocycles. The lowest BCUT2D eigenvalue weighted by molar-refractivity contribution is 0.0163. The lowest BCUT2D eigenvalue weighted by Gasteiger charge is -2.36. The van der Waals surface area contributed by atoms with E-state index in [9.17, 15) is 19.0 Å². The van der Waals surface area contributed by atoms with Crippen LogP contribution in [-0.2, 0) is 0 Å². The van der Waals surface area contributed by atoms with Crippen LogP contribution >= 0.6 is 0 Å². The summed E-state index contributed by atoms with van der Waals surface area (Å²) in [6.07, 6.45) is 5.70. The Morgan fingerprint density at radius 1 is 1.13 bits per heavy atom. The van der Waals surface area contributed by atoms with Crippen molar-refractivity contribution >= 4 is 5.69 Å². The second-order valence-electron chi connectivity index (χ2n) is 8.07. The Labute approximate surface area is 182 Å². The Morgan fingerprint density at radius 3 is 2.65 bits per heavy atom. The number of benzene rings is 1. The van der Waals surface area contributed by atoms with Crippen molar-refractivity contribution in [1.29, 1.82) is 0 Å². The number of likely N-dealkylation sites (tertiary alicyclic amines) is 1. The van der Waals surface area contributed by atoms with E-state index in [4.69, 9.17) is 0 Å². The average Bonchev–Trinajstić information content (AvgIpc) is 2.79. The minimum absolute atomic E-state index is 0.0349. The number of nitrogens with one attached hydrogen (secondary N) is 1. The molecule has 3 N–H and O–H groups in total. The maximum Gasteiger partial charge on any atom is 0.265 e. The van der Waals surface area contributed by atoms with E-state index in [1.54, 1.807) is 30.6 Å². The van der Waals surface area contributed by atoms with Gasteiger partial charge in [-0.3, -0.25) is 4.90 Å². The molecule has 2 heterocycles. The van der Waals surface area contributed by atoms with Crippen molar-refractivity contribution in [3.8, 4) is 11.4 Å². The van der Waals surface area contributed by atoms with E-state index in [-0.39, 0.29) is 24.3 Å². The SMILES string of the molecule is OCC1CC(O)CCN1CCCCCCNc1ccc(-c2ncccn2)cc1C(F)F. The van der Waals surface area contributed by atoms with E-state index in [1.807, 2.05) is 0 Å². The molecule has 2 unspecified atom stereocenters. The molecular formula is C23H32F2N4O2. The van der Waals surface area contributed by atoms with Crippen LogP contribution in [-0.4, -0.2) is 63.5 Å². The number of anilines is 1. The van der Waals surface area contributed by atoms with Gasteiger partial charge in [-0.1, -0.05) is 12.8 Å². The first-order valence-electron chi connectivity index (χ1n) is 11.0. The van der Waals surface area contributed by atoms with Crippen LogP contribution in [0.2, 0.25) is 0 Å². The van der Waals surface area contributed by atoms with Crippen molar-refractivity contribution in [3.63, 3.8) is 0 Å². The number of hydrogen-bond donors (Lipinski definition) is 3. The van der Waals surface area contributed by atoms with Gasteiger partial charge in [-0.15, -0.1) is 0 Å². The van der Waals surface area contributed by atoms with Crippen molar-refractivity contribution < 1.29 is 19.0 Å². The van der Waals surface area contributed by atoms with Crippen LogP contribution in [0.5, 0.6) is 0 Å². The molecule has 170 valence electrons. The number of halogens is 2. The Bertz CT molecular complexity index is 794. The van der Waals surface area contributed by atoms with Gasteiger partial charge >= 0.3 is 0 Å². The Morgan fingerprint density at radius 2 is 1.90 bits per heavy atom. The number of piperidine rings is 1. The van der Waals surface area contributed by atoms with Crippen LogP contribution in [0.25, 0.3) is 11.4 Å². The highest BCUT2D eigenvalue weighted by molar-refractivity contribution is 5.64. The fourth-order valence-corrected chi connectivity index (χ4v) is 4.07. The maximum absolute atomic E-state index is 13.5. The first-order valence-corrected chi connectivity index (χ1v) is 11.0. The Kier molecular flexibility index (Phi) is 9.12. The zero-order valence-corrected chi connectivity index (χ0v) is 17.8. The molecule has 2 atom stereocenters. The van der Waals surface area contributed by atoms with Gasteiger partial charge in [0.15, 0.2) is 5.82 Å². The van der Waals surface area contributed by atoms with Gasteiger partial charge in [0.1, 0.15) is 0 Å². The molecule has 1 aromatic heterocycles. The van der Waals surface area contributed by atoms with Crippen LogP contribution in [0, 0.1) is 0 Å². The predicted octanol–water partition coefficient (Wildman–Crippen LogP) is 3.87. The summed E-state index contributed by atoms with van der Waals surface area (Å²) < 4.78 is 27.1. The fourth-order valence-electron chi connectivity index (χ4n) is 4.07. The number of alkyl halides is 2. The van der Waals surface area contributed by atoms with Gasteiger partial charge in [-0.05, 0) is 56.5 Å². The molecule has 0 amide bonds. The predicted molar refractivity (Wildman–Crippen MR) is 117 cm³/mol. The molecule has 1 saturated heterocycles. The Balaban J connectivity index is 1.40. The molecule has 2 aromatic rings. The molecule has 3 rings (SSSR count). The van der Waals surface area contributed by atoms with Crippen LogP contribution in [0.4, 0.5) is 14.5 Å². The zero-order valence-electron chi connectivity index (χ0n) is 17.8. The van der Waals surface area contributed by atoms with Crippen molar-refractivity contribution in [2.24, 2.45) is 0 Å². The first kappa shape index (κ1) is 23.5. The molecule has 1 aliphatic rings. The summed E-state index contributed by atoms with van der Waals surface area (Å²) in [7, 11) is 0. The number of unbranched alkanes of at least 4 members (excludes halogenated alkanes) is 3. The fraction of sp³-hybridized carbons (Fsp3) is 0.565. The number of aromatic nitrogens is 2. The topological polar surface area (TPSA) is 81.5 Å². The standard InChI is InChI=1S/C23H32F2N4O2/c24-22(25)20-14-17(23-27-10-5-11-28-23)6-7-21(20)26-9-3-1-2-4-12-29-13-8-19(31)15-18(29)16-30/h5-7,10-11,14,18-19,22,26,30-31H,1-4,8-9,12-13,15-16H2. The minimum atomic E-state index is -2.58. The maximum atomic E-state index is 13.5. The summed E-state index contributed by atoms with van der Waals surface area (Å²) >= 11 is 0. The van der Waals surface area contributed by atoms with Gasteiger partial charge in [0.2, 0.25) is 0 Å². The van der Waals surface area contributed by atoms with Crippen LogP contribution in [0.3, 0.4) is 0 Å². The molecule has 8 heteroatoms. The normalized spacial score (nSPS) is 19.6. The molecule has 1 aliphatic heterocycles. The molecule has 0 radical (unpaired) electrons. The van der Waals surface area contributed by atoms with E-state index in [1.165, 1.54) is 6.07 Å². The monoisotopic (exact) mass is 434 g/mol. The molecular weight excluding hydrogens is 402 g/mol. The average molecular weight is 435 g/mol. The minimum Gasteiger partial charge on any atom is -0.395 e. The van der Waals surface area contributed by atoms with Crippen molar-refractivity contribution in [3.05, 3.63) is 42.2 Å². The van der Waals surface area contributed by atoms with E-state index in [0.29, 0.717) is 30.0 Å². The van der Waals surface area contributed by atoms with E-state index < -0.39 is 6.43 Å². The lowest BCUT2D eigenvalue weighted by atomic mass is 9.99. The molecule has 0 spiro atoms. The third-order valence-electron chi connectivity index (χ3n) is 5.82. The smallest absolute Gasteiger partial charge is 0.265 e. The number of rotatable bonds is 11. The third kappa shape index (κ3) is 6.92. The van der Waals surface area contributed by atoms with Crippen molar-refractivity contribution in [1.82, 2.24) is 14.9 Å². The van der Waals surface area contributed by atoms with Gasteiger partial charge in [0.05, 0.1) is 12.7 Å². The lowest BCUT2D eigenvalue weighted by Crippen LogP contribution is -2.46. The molecule has 0 bridgehead atoms. The molecule has 6 nitrogen and oxygen atoms in total. The van der Waals surface area contributed by atoms with Gasteiger partial charge < -0.3 is 15.5 Å². The summed E-state index contributed by atoms with van der Waals surface area (Å²) in [5.74, 6) is 0.433. The zero-order chi connectivity index (χ0) is 22.1. The highest BCUT2D eigenvalue weighted by Crippen LogP contribution is 2.31. The Hall–Kier alpha value is -2.16. The first-order chi connectivity index (χ1) is 15.1. The van der Waals surface area contributed by atoms with Crippen LogP contribution in [0.15, 0.2) is 36.7 Å². The number of nitrogens with zero attached hydrogens (tertiary/aromatic N) is 3. The van der Waals surface area contributed by atoms with Gasteiger partial charge in [0.25, 0.3) is 6.43 Å². The van der Waals surface area contributed by atoms with Gasteiger partial charge in [-0.2, -0.15) is 0 Å². The summed E-state index contributed by atoms with van der Waals surface area (Å²) in [6.45, 7) is 2.47. The molecule has 1 aromatic carbocycles. The van der Waals surface area contributed by atoms with Crippen LogP contribution in [0.1, 0.15) is 50.5 Å². The summed E-state index contributed by atoms with van der Waals surface area (Å²) in [5, 5.41) is 22.3. The summed E-state index contributed by atoms with van der Waals surface area (Å²) in [5.41, 5.74) is 0.993. The highest BCUT2D eigenvalue weighted by Gasteiger charge is 2.26. The van der Waals surface area contributed by atoms with Gasteiger partial charge in [-0.25, -0.2) is 18.7 Å². The summed E-state index contributed by atoms with van der Waals surface area (Å²) in [6, 6.07) is 6.64. The van der Waals surface area contributed by atoms with Crippen LogP contribution < -0.4 is 5.32 Å².